The van der Waals surface area contributed by atoms with Gasteiger partial charge < -0.3 is 9.88 Å². The second-order valence-electron chi connectivity index (χ2n) is 3.37. The van der Waals surface area contributed by atoms with Crippen molar-refractivity contribution in [1.82, 2.24) is 9.88 Å². The molecule has 2 rings (SSSR count). The van der Waals surface area contributed by atoms with Crippen LogP contribution in [0.3, 0.4) is 0 Å². The summed E-state index contributed by atoms with van der Waals surface area (Å²) in [5.74, 6) is 0. The van der Waals surface area contributed by atoms with E-state index in [0.29, 0.717) is 0 Å². The van der Waals surface area contributed by atoms with Crippen molar-refractivity contribution >= 4 is 21.4 Å². The molecule has 0 aliphatic rings. The molecule has 4 heteroatoms. The molecule has 0 saturated heterocycles. The van der Waals surface area contributed by atoms with E-state index in [2.05, 4.69) is 12.2 Å². The van der Waals surface area contributed by atoms with Gasteiger partial charge in [-0.25, -0.2) is 0 Å². The lowest BCUT2D eigenvalue weighted by atomic mass is 10.3. The van der Waals surface area contributed by atoms with Crippen LogP contribution in [0, 0.1) is 0 Å². The first-order valence-corrected chi connectivity index (χ1v) is 5.98. The fourth-order valence-electron chi connectivity index (χ4n) is 1.56. The lowest BCUT2D eigenvalue weighted by Gasteiger charge is -2.05. The Kier molecular flexibility index (Phi) is 3.18. The molecule has 3 nitrogen and oxygen atoms in total. The van der Waals surface area contributed by atoms with Crippen LogP contribution >= 0.6 is 11.3 Å². The van der Waals surface area contributed by atoms with Gasteiger partial charge in [-0.2, -0.15) is 0 Å². The van der Waals surface area contributed by atoms with Gasteiger partial charge in [0.25, 0.3) is 5.56 Å². The van der Waals surface area contributed by atoms with E-state index in [1.54, 1.807) is 15.9 Å². The minimum Gasteiger partial charge on any atom is -0.315 e. The Hall–Kier alpha value is -1.13. The van der Waals surface area contributed by atoms with Crippen molar-refractivity contribution in [3.8, 4) is 0 Å². The first-order valence-electron chi connectivity index (χ1n) is 5.10. The molecule has 1 N–H and O–H groups in total. The van der Waals surface area contributed by atoms with E-state index < -0.39 is 0 Å². The van der Waals surface area contributed by atoms with Crippen LogP contribution in [0.1, 0.15) is 6.92 Å². The van der Waals surface area contributed by atoms with Crippen molar-refractivity contribution in [2.45, 2.75) is 13.5 Å². The van der Waals surface area contributed by atoms with E-state index in [1.165, 1.54) is 0 Å². The zero-order valence-electron chi connectivity index (χ0n) is 8.69. The second-order valence-corrected chi connectivity index (χ2v) is 4.31. The van der Waals surface area contributed by atoms with Crippen LogP contribution in [0.5, 0.6) is 0 Å². The summed E-state index contributed by atoms with van der Waals surface area (Å²) in [5.41, 5.74) is 0.117. The van der Waals surface area contributed by atoms with Crippen molar-refractivity contribution in [3.05, 3.63) is 34.1 Å². The average Bonchev–Trinajstić information content (AvgIpc) is 2.70. The molecule has 0 aliphatic carbocycles. The summed E-state index contributed by atoms with van der Waals surface area (Å²) in [5, 5.41) is 6.00. The highest BCUT2D eigenvalue weighted by atomic mass is 32.1. The summed E-state index contributed by atoms with van der Waals surface area (Å²) in [4.78, 5) is 11.9. The molecule has 0 spiro atoms. The third-order valence-corrected chi connectivity index (χ3v) is 3.25. The van der Waals surface area contributed by atoms with Crippen molar-refractivity contribution < 1.29 is 0 Å². The van der Waals surface area contributed by atoms with Gasteiger partial charge in [-0.15, -0.1) is 11.3 Å². The summed E-state index contributed by atoms with van der Waals surface area (Å²) in [6, 6.07) is 3.90. The second kappa shape index (κ2) is 4.59. The summed E-state index contributed by atoms with van der Waals surface area (Å²) in [7, 11) is 0. The van der Waals surface area contributed by atoms with Gasteiger partial charge in [-0.05, 0) is 24.1 Å². The molecule has 2 aromatic heterocycles. The standard InChI is InChI=1S/C11H14N2OS/c1-2-12-5-7-13-6-3-10-9(11(13)14)4-8-15-10/h3-4,6,8,12H,2,5,7H2,1H3. The van der Waals surface area contributed by atoms with Crippen molar-refractivity contribution in [3.63, 3.8) is 0 Å². The van der Waals surface area contributed by atoms with Gasteiger partial charge in [-0.1, -0.05) is 6.92 Å². The lowest BCUT2D eigenvalue weighted by molar-refractivity contribution is 0.602. The highest BCUT2D eigenvalue weighted by Crippen LogP contribution is 2.15. The highest BCUT2D eigenvalue weighted by molar-refractivity contribution is 7.17. The van der Waals surface area contributed by atoms with Crippen LogP contribution < -0.4 is 10.9 Å². The molecule has 2 heterocycles. The number of nitrogens with zero attached hydrogens (tertiary/aromatic N) is 1. The van der Waals surface area contributed by atoms with E-state index in [1.807, 2.05) is 23.7 Å². The maximum absolute atomic E-state index is 11.9. The number of thiophene rings is 1. The van der Waals surface area contributed by atoms with Crippen LogP contribution in [0.2, 0.25) is 0 Å². The maximum Gasteiger partial charge on any atom is 0.259 e. The van der Waals surface area contributed by atoms with Crippen LogP contribution in [0.4, 0.5) is 0 Å². The van der Waals surface area contributed by atoms with Crippen LogP contribution in [0.25, 0.3) is 10.1 Å². The molecule has 0 unspecified atom stereocenters. The molecule has 0 bridgehead atoms. The van der Waals surface area contributed by atoms with Gasteiger partial charge in [-0.3, -0.25) is 4.79 Å². The number of fused-ring (bicyclic) bond motifs is 1. The maximum atomic E-state index is 11.9. The molecular formula is C11H14N2OS. The number of nitrogens with one attached hydrogen (secondary N) is 1. The lowest BCUT2D eigenvalue weighted by Crippen LogP contribution is -2.26. The minimum atomic E-state index is 0.117. The molecule has 15 heavy (non-hydrogen) atoms. The molecule has 0 amide bonds. The van der Waals surface area contributed by atoms with Gasteiger partial charge in [0.15, 0.2) is 0 Å². The van der Waals surface area contributed by atoms with E-state index in [4.69, 9.17) is 0 Å². The van der Waals surface area contributed by atoms with Gasteiger partial charge in [0.1, 0.15) is 0 Å². The van der Waals surface area contributed by atoms with Crippen molar-refractivity contribution in [2.24, 2.45) is 0 Å². The zero-order valence-corrected chi connectivity index (χ0v) is 9.51. The topological polar surface area (TPSA) is 34.0 Å². The number of hydrogen-bond donors (Lipinski definition) is 1. The number of aromatic nitrogens is 1. The third kappa shape index (κ3) is 2.11. The third-order valence-electron chi connectivity index (χ3n) is 2.37. The monoisotopic (exact) mass is 222 g/mol. The zero-order chi connectivity index (χ0) is 10.7. The van der Waals surface area contributed by atoms with Crippen molar-refractivity contribution in [1.29, 1.82) is 0 Å². The summed E-state index contributed by atoms with van der Waals surface area (Å²) >= 11 is 1.61. The normalized spacial score (nSPS) is 11.0. The summed E-state index contributed by atoms with van der Waals surface area (Å²) in [6.07, 6.45) is 1.87. The minimum absolute atomic E-state index is 0.117. The first-order chi connectivity index (χ1) is 7.33. The SMILES string of the molecule is CCNCCn1ccc2sccc2c1=O. The molecule has 0 aromatic carbocycles. The largest absolute Gasteiger partial charge is 0.315 e. The summed E-state index contributed by atoms with van der Waals surface area (Å²) in [6.45, 7) is 4.57. The van der Waals surface area contributed by atoms with Gasteiger partial charge >= 0.3 is 0 Å². The van der Waals surface area contributed by atoms with Gasteiger partial charge in [0, 0.05) is 24.0 Å². The van der Waals surface area contributed by atoms with Gasteiger partial charge in [0.05, 0.1) is 5.39 Å². The predicted octanol–water partition coefficient (Wildman–Crippen LogP) is 1.67. The molecule has 0 atom stereocenters. The molecular weight excluding hydrogens is 208 g/mol. The number of hydrogen-bond acceptors (Lipinski definition) is 3. The molecule has 0 aliphatic heterocycles. The Balaban J connectivity index is 2.28. The summed E-state index contributed by atoms with van der Waals surface area (Å²) < 4.78 is 2.83. The fraction of sp³-hybridized carbons (Fsp3) is 0.364. The smallest absolute Gasteiger partial charge is 0.259 e. The molecule has 80 valence electrons. The van der Waals surface area contributed by atoms with Crippen LogP contribution in [-0.4, -0.2) is 17.7 Å². The Morgan fingerprint density at radius 1 is 1.47 bits per heavy atom. The van der Waals surface area contributed by atoms with Crippen molar-refractivity contribution in [2.75, 3.05) is 13.1 Å². The molecule has 0 saturated carbocycles. The van der Waals surface area contributed by atoms with E-state index in [-0.39, 0.29) is 5.56 Å². The van der Waals surface area contributed by atoms with E-state index in [9.17, 15) is 4.79 Å². The average molecular weight is 222 g/mol. The van der Waals surface area contributed by atoms with E-state index >= 15 is 0 Å². The fourth-order valence-corrected chi connectivity index (χ4v) is 2.33. The van der Waals surface area contributed by atoms with Gasteiger partial charge in [0.2, 0.25) is 0 Å². The quantitative estimate of drug-likeness (QED) is 0.798. The number of rotatable bonds is 4. The Morgan fingerprint density at radius 2 is 2.33 bits per heavy atom. The Morgan fingerprint density at radius 3 is 3.13 bits per heavy atom. The number of pyridine rings is 1. The Labute approximate surface area is 92.4 Å². The highest BCUT2D eigenvalue weighted by Gasteiger charge is 2.02. The first kappa shape index (κ1) is 10.4. The molecule has 0 radical (unpaired) electrons. The predicted molar refractivity (Wildman–Crippen MR) is 64.6 cm³/mol. The Bertz CT molecular complexity index is 501. The van der Waals surface area contributed by atoms with Crippen LogP contribution in [0.15, 0.2) is 28.5 Å². The van der Waals surface area contributed by atoms with E-state index in [0.717, 1.165) is 29.7 Å². The molecule has 2 aromatic rings. The number of likely N-dealkylation sites (N-methyl/N-ethyl adjacent to an activating group) is 1. The molecule has 0 fully saturated rings. The van der Waals surface area contributed by atoms with Crippen LogP contribution in [-0.2, 0) is 6.54 Å².